The third-order valence-corrected chi connectivity index (χ3v) is 5.41. The summed E-state index contributed by atoms with van der Waals surface area (Å²) in [6, 6.07) is 9.05. The first-order chi connectivity index (χ1) is 14.5. The van der Waals surface area contributed by atoms with Gasteiger partial charge >= 0.3 is 11.9 Å². The van der Waals surface area contributed by atoms with Crippen LogP contribution in [-0.4, -0.2) is 52.1 Å². The highest BCUT2D eigenvalue weighted by Crippen LogP contribution is 2.37. The van der Waals surface area contributed by atoms with Gasteiger partial charge in [0.05, 0.1) is 30.2 Å². The Morgan fingerprint density at radius 3 is 2.43 bits per heavy atom. The number of allylic oxidation sites excluding steroid dienone is 1. The van der Waals surface area contributed by atoms with E-state index in [4.69, 9.17) is 9.47 Å². The van der Waals surface area contributed by atoms with Gasteiger partial charge in [-0.25, -0.2) is 9.59 Å². The number of Topliss-reactive ketones (excluding diaryl/α,β-unsaturated/α-hetero) is 1. The molecule has 0 radical (unpaired) electrons. The van der Waals surface area contributed by atoms with Crippen LogP contribution in [0.4, 0.5) is 5.95 Å². The molecule has 0 fully saturated rings. The van der Waals surface area contributed by atoms with E-state index in [1.807, 2.05) is 0 Å². The minimum Gasteiger partial charge on any atom is -0.465 e. The Hall–Kier alpha value is -3.86. The molecule has 1 aliphatic heterocycles. The van der Waals surface area contributed by atoms with E-state index in [2.05, 4.69) is 20.8 Å². The van der Waals surface area contributed by atoms with Crippen molar-refractivity contribution in [3.05, 3.63) is 69.1 Å². The summed E-state index contributed by atoms with van der Waals surface area (Å²) in [6.07, 6.45) is 0. The molecule has 11 heteroatoms. The first-order valence-electron chi connectivity index (χ1n) is 8.69. The van der Waals surface area contributed by atoms with Crippen LogP contribution in [0.2, 0.25) is 0 Å². The number of benzene rings is 1. The number of rotatable bonds is 5. The molecule has 0 amide bonds. The van der Waals surface area contributed by atoms with Crippen molar-refractivity contribution in [1.29, 1.82) is 0 Å². The van der Waals surface area contributed by atoms with E-state index in [-0.39, 0.29) is 23.0 Å². The van der Waals surface area contributed by atoms with Crippen molar-refractivity contribution in [2.24, 2.45) is 0 Å². The van der Waals surface area contributed by atoms with E-state index >= 15 is 0 Å². The molecule has 0 unspecified atom stereocenters. The summed E-state index contributed by atoms with van der Waals surface area (Å²) in [5.41, 5.74) is 1.03. The molecule has 152 valence electrons. The Kier molecular flexibility index (Phi) is 5.11. The molecule has 2 aromatic heterocycles. The fourth-order valence-corrected chi connectivity index (χ4v) is 3.83. The van der Waals surface area contributed by atoms with Crippen LogP contribution < -0.4 is 5.32 Å². The van der Waals surface area contributed by atoms with Gasteiger partial charge in [0.1, 0.15) is 11.7 Å². The Bertz CT molecular complexity index is 1150. The fraction of sp³-hybridized carbons (Fsp3) is 0.158. The predicted molar refractivity (Wildman–Crippen MR) is 105 cm³/mol. The zero-order valence-corrected chi connectivity index (χ0v) is 16.7. The van der Waals surface area contributed by atoms with Crippen molar-refractivity contribution in [3.8, 4) is 0 Å². The smallest absolute Gasteiger partial charge is 0.355 e. The van der Waals surface area contributed by atoms with Crippen molar-refractivity contribution in [1.82, 2.24) is 20.2 Å². The van der Waals surface area contributed by atoms with E-state index < -0.39 is 18.0 Å². The molecule has 1 atom stereocenters. The molecule has 0 aliphatic carbocycles. The molecule has 4 rings (SSSR count). The van der Waals surface area contributed by atoms with Crippen molar-refractivity contribution in [3.63, 3.8) is 0 Å². The Morgan fingerprint density at radius 2 is 1.80 bits per heavy atom. The lowest BCUT2D eigenvalue weighted by molar-refractivity contribution is -0.136. The average Bonchev–Trinajstić information content (AvgIpc) is 3.48. The molecular formula is C19H15N5O5S. The summed E-state index contributed by atoms with van der Waals surface area (Å²) < 4.78 is 11.0. The van der Waals surface area contributed by atoms with Crippen molar-refractivity contribution >= 4 is 35.0 Å². The van der Waals surface area contributed by atoms with Crippen LogP contribution in [-0.2, 0) is 14.3 Å². The lowest BCUT2D eigenvalue weighted by atomic mass is 9.91. The molecule has 30 heavy (non-hydrogen) atoms. The molecule has 10 nitrogen and oxygen atoms in total. The fourth-order valence-electron chi connectivity index (χ4n) is 3.16. The number of anilines is 1. The number of ketones is 1. The van der Waals surface area contributed by atoms with Gasteiger partial charge in [0, 0.05) is 0 Å². The standard InChI is InChI=1S/C19H15N5O5S/c1-28-17(26)11-7-5-10(6-8-11)15-13(16(25)12-4-3-9-30-12)14(18(27)29-2)20-19-21-22-23-24(15)19/h3-9,15H,1-2H3,(H,20,21,23)/t15-/m0/s1. The molecule has 3 heterocycles. The summed E-state index contributed by atoms with van der Waals surface area (Å²) >= 11 is 1.25. The van der Waals surface area contributed by atoms with Gasteiger partial charge in [-0.05, 0) is 39.6 Å². The average molecular weight is 425 g/mol. The summed E-state index contributed by atoms with van der Waals surface area (Å²) in [5, 5.41) is 16.1. The van der Waals surface area contributed by atoms with Crippen LogP contribution in [0.3, 0.4) is 0 Å². The van der Waals surface area contributed by atoms with Crippen LogP contribution in [0.5, 0.6) is 0 Å². The maximum absolute atomic E-state index is 13.4. The number of tetrazole rings is 1. The number of hydrogen-bond acceptors (Lipinski definition) is 10. The Balaban J connectivity index is 1.90. The first kappa shape index (κ1) is 19.5. The van der Waals surface area contributed by atoms with E-state index in [9.17, 15) is 14.4 Å². The largest absolute Gasteiger partial charge is 0.465 e. The topological polar surface area (TPSA) is 125 Å². The van der Waals surface area contributed by atoms with Gasteiger partial charge in [0.15, 0.2) is 0 Å². The lowest BCUT2D eigenvalue weighted by Crippen LogP contribution is -2.32. The van der Waals surface area contributed by atoms with Crippen LogP contribution >= 0.6 is 11.3 Å². The van der Waals surface area contributed by atoms with Crippen LogP contribution in [0.1, 0.15) is 31.6 Å². The summed E-state index contributed by atoms with van der Waals surface area (Å²) in [5.74, 6) is -1.39. The number of nitrogens with one attached hydrogen (secondary N) is 1. The second-order valence-corrected chi connectivity index (χ2v) is 7.12. The second-order valence-electron chi connectivity index (χ2n) is 6.17. The SMILES string of the molecule is COC(=O)C1=C(C(=O)c2cccs2)[C@H](c2ccc(C(=O)OC)cc2)n2nnnc2N1. The molecular weight excluding hydrogens is 410 g/mol. The molecule has 0 spiro atoms. The van der Waals surface area contributed by atoms with Gasteiger partial charge in [-0.3, -0.25) is 4.79 Å². The Labute approximate surface area is 174 Å². The van der Waals surface area contributed by atoms with Crippen LogP contribution in [0, 0.1) is 0 Å². The van der Waals surface area contributed by atoms with Gasteiger partial charge < -0.3 is 14.8 Å². The maximum atomic E-state index is 13.4. The molecule has 0 saturated carbocycles. The molecule has 1 aromatic carbocycles. The number of nitrogens with zero attached hydrogens (tertiary/aromatic N) is 4. The van der Waals surface area contributed by atoms with Gasteiger partial charge in [0.2, 0.25) is 11.7 Å². The predicted octanol–water partition coefficient (Wildman–Crippen LogP) is 1.85. The van der Waals surface area contributed by atoms with E-state index in [1.165, 1.54) is 30.2 Å². The second kappa shape index (κ2) is 7.87. The summed E-state index contributed by atoms with van der Waals surface area (Å²) in [7, 11) is 2.52. The molecule has 3 aromatic rings. The molecule has 1 aliphatic rings. The number of carbonyl (C=O) groups excluding carboxylic acids is 3. The van der Waals surface area contributed by atoms with Crippen LogP contribution in [0.25, 0.3) is 0 Å². The monoisotopic (exact) mass is 425 g/mol. The highest BCUT2D eigenvalue weighted by molar-refractivity contribution is 7.12. The zero-order chi connectivity index (χ0) is 21.3. The number of methoxy groups -OCH3 is 2. The van der Waals surface area contributed by atoms with Crippen LogP contribution in [0.15, 0.2) is 53.0 Å². The van der Waals surface area contributed by atoms with Crippen molar-refractivity contribution in [2.45, 2.75) is 6.04 Å². The van der Waals surface area contributed by atoms with Gasteiger partial charge in [-0.1, -0.05) is 23.3 Å². The number of fused-ring (bicyclic) bond motifs is 1. The number of esters is 2. The highest BCUT2D eigenvalue weighted by atomic mass is 32.1. The summed E-state index contributed by atoms with van der Waals surface area (Å²) in [6.45, 7) is 0. The number of carbonyl (C=O) groups is 3. The van der Waals surface area contributed by atoms with Crippen molar-refractivity contribution in [2.75, 3.05) is 19.5 Å². The molecule has 0 saturated heterocycles. The third kappa shape index (κ3) is 3.24. The first-order valence-corrected chi connectivity index (χ1v) is 9.57. The van der Waals surface area contributed by atoms with Gasteiger partial charge in [0.25, 0.3) is 0 Å². The minimum absolute atomic E-state index is 0.0414. The number of thiophene rings is 1. The minimum atomic E-state index is -0.813. The Morgan fingerprint density at radius 1 is 1.07 bits per heavy atom. The normalized spacial score (nSPS) is 15.2. The van der Waals surface area contributed by atoms with Crippen molar-refractivity contribution < 1.29 is 23.9 Å². The maximum Gasteiger partial charge on any atom is 0.355 e. The lowest BCUT2D eigenvalue weighted by Gasteiger charge is -2.27. The highest BCUT2D eigenvalue weighted by Gasteiger charge is 2.38. The quantitative estimate of drug-likeness (QED) is 0.481. The number of aromatic nitrogens is 4. The van der Waals surface area contributed by atoms with E-state index in [0.717, 1.165) is 0 Å². The summed E-state index contributed by atoms with van der Waals surface area (Å²) in [4.78, 5) is 38.1. The zero-order valence-electron chi connectivity index (χ0n) is 15.9. The molecule has 1 N–H and O–H groups in total. The van der Waals surface area contributed by atoms with E-state index in [0.29, 0.717) is 16.0 Å². The number of hydrogen-bond donors (Lipinski definition) is 1. The number of ether oxygens (including phenoxy) is 2. The van der Waals surface area contributed by atoms with Gasteiger partial charge in [-0.15, -0.1) is 11.3 Å². The van der Waals surface area contributed by atoms with E-state index in [1.54, 1.807) is 41.8 Å². The molecule has 0 bridgehead atoms. The van der Waals surface area contributed by atoms with Gasteiger partial charge in [-0.2, -0.15) is 4.68 Å². The third-order valence-electron chi connectivity index (χ3n) is 4.54.